The fourth-order valence-electron chi connectivity index (χ4n) is 2.44. The van der Waals surface area contributed by atoms with Crippen LogP contribution in [0.1, 0.15) is 23.1 Å². The summed E-state index contributed by atoms with van der Waals surface area (Å²) in [7, 11) is 3.49. The van der Waals surface area contributed by atoms with Crippen LogP contribution in [0.15, 0.2) is 54.6 Å². The molecule has 2 N–H and O–H groups in total. The number of carbonyl (C=O) groups excluding carboxylic acids is 2. The molecule has 0 bridgehead atoms. The van der Waals surface area contributed by atoms with E-state index in [0.29, 0.717) is 12.8 Å². The Morgan fingerprint density at radius 1 is 1.11 bits per heavy atom. The van der Waals surface area contributed by atoms with Crippen molar-refractivity contribution in [2.75, 3.05) is 19.4 Å². The first-order valence-electron chi connectivity index (χ1n) is 8.99. The second-order valence-corrected chi connectivity index (χ2v) is 7.08. The lowest BCUT2D eigenvalue weighted by Gasteiger charge is -2.11. The SMILES string of the molecule is Cc1ccc(/C=C/C(=O)NC(=S)Nc2cccc(CCC(=O)N(C)C)c2)cc1. The van der Waals surface area contributed by atoms with Crippen LogP contribution in [-0.2, 0) is 16.0 Å². The number of hydrogen-bond donors (Lipinski definition) is 2. The van der Waals surface area contributed by atoms with Gasteiger partial charge in [-0.1, -0.05) is 42.0 Å². The molecule has 0 fully saturated rings. The number of carbonyl (C=O) groups is 2. The second-order valence-electron chi connectivity index (χ2n) is 6.68. The maximum atomic E-state index is 12.0. The van der Waals surface area contributed by atoms with Gasteiger partial charge in [0.1, 0.15) is 0 Å². The molecular formula is C22H25N3O2S. The van der Waals surface area contributed by atoms with Gasteiger partial charge in [-0.25, -0.2) is 0 Å². The molecule has 2 amide bonds. The first-order chi connectivity index (χ1) is 13.3. The number of thiocarbonyl (C=S) groups is 1. The summed E-state index contributed by atoms with van der Waals surface area (Å²) in [6.45, 7) is 2.01. The van der Waals surface area contributed by atoms with E-state index in [0.717, 1.165) is 16.8 Å². The van der Waals surface area contributed by atoms with Gasteiger partial charge in [0.2, 0.25) is 11.8 Å². The molecule has 0 aromatic heterocycles. The maximum Gasteiger partial charge on any atom is 0.250 e. The molecule has 6 heteroatoms. The average molecular weight is 396 g/mol. The largest absolute Gasteiger partial charge is 0.349 e. The Balaban J connectivity index is 1.86. The molecule has 146 valence electrons. The number of nitrogens with one attached hydrogen (secondary N) is 2. The number of rotatable bonds is 6. The second kappa shape index (κ2) is 10.4. The summed E-state index contributed by atoms with van der Waals surface area (Å²) in [5.41, 5.74) is 3.90. The zero-order valence-corrected chi connectivity index (χ0v) is 17.2. The molecule has 2 aromatic rings. The topological polar surface area (TPSA) is 61.4 Å². The number of aryl methyl sites for hydroxylation is 2. The summed E-state index contributed by atoms with van der Waals surface area (Å²) in [5, 5.41) is 5.85. The van der Waals surface area contributed by atoms with Gasteiger partial charge in [0.15, 0.2) is 5.11 Å². The van der Waals surface area contributed by atoms with Gasteiger partial charge in [0, 0.05) is 32.3 Å². The zero-order chi connectivity index (χ0) is 20.5. The van der Waals surface area contributed by atoms with E-state index in [4.69, 9.17) is 12.2 Å². The molecule has 0 unspecified atom stereocenters. The number of hydrogen-bond acceptors (Lipinski definition) is 3. The molecule has 0 atom stereocenters. The normalized spacial score (nSPS) is 10.5. The van der Waals surface area contributed by atoms with E-state index in [-0.39, 0.29) is 16.9 Å². The van der Waals surface area contributed by atoms with Crippen LogP contribution >= 0.6 is 12.2 Å². The third kappa shape index (κ3) is 7.32. The summed E-state index contributed by atoms with van der Waals surface area (Å²) in [5.74, 6) is -0.215. The maximum absolute atomic E-state index is 12.0. The lowest BCUT2D eigenvalue weighted by molar-refractivity contribution is -0.128. The van der Waals surface area contributed by atoms with E-state index in [9.17, 15) is 9.59 Å². The molecule has 2 rings (SSSR count). The minimum absolute atomic E-state index is 0.0847. The van der Waals surface area contributed by atoms with Crippen molar-refractivity contribution in [1.82, 2.24) is 10.2 Å². The van der Waals surface area contributed by atoms with E-state index in [1.54, 1.807) is 25.1 Å². The minimum Gasteiger partial charge on any atom is -0.349 e. The van der Waals surface area contributed by atoms with Gasteiger partial charge < -0.3 is 10.2 Å². The van der Waals surface area contributed by atoms with Gasteiger partial charge in [-0.05, 0) is 54.9 Å². The quantitative estimate of drug-likeness (QED) is 0.580. The molecule has 28 heavy (non-hydrogen) atoms. The van der Waals surface area contributed by atoms with Crippen molar-refractivity contribution in [3.05, 3.63) is 71.3 Å². The molecule has 0 spiro atoms. The van der Waals surface area contributed by atoms with Crippen LogP contribution in [0.25, 0.3) is 6.08 Å². The smallest absolute Gasteiger partial charge is 0.250 e. The highest BCUT2D eigenvalue weighted by Gasteiger charge is 2.06. The van der Waals surface area contributed by atoms with Crippen molar-refractivity contribution in [1.29, 1.82) is 0 Å². The molecule has 2 aromatic carbocycles. The molecule has 0 saturated heterocycles. The first-order valence-corrected chi connectivity index (χ1v) is 9.40. The van der Waals surface area contributed by atoms with Crippen molar-refractivity contribution in [3.8, 4) is 0 Å². The van der Waals surface area contributed by atoms with Crippen LogP contribution in [0, 0.1) is 6.92 Å². The number of benzene rings is 2. The van der Waals surface area contributed by atoms with Gasteiger partial charge in [0.05, 0.1) is 0 Å². The molecule has 0 heterocycles. The lowest BCUT2D eigenvalue weighted by Crippen LogP contribution is -2.32. The summed E-state index contributed by atoms with van der Waals surface area (Å²) < 4.78 is 0. The minimum atomic E-state index is -0.300. The molecule has 0 aliphatic carbocycles. The summed E-state index contributed by atoms with van der Waals surface area (Å²) in [6.07, 6.45) is 4.27. The Morgan fingerprint density at radius 2 is 1.82 bits per heavy atom. The van der Waals surface area contributed by atoms with Crippen LogP contribution in [0.3, 0.4) is 0 Å². The van der Waals surface area contributed by atoms with Crippen molar-refractivity contribution in [2.24, 2.45) is 0 Å². The molecular weight excluding hydrogens is 370 g/mol. The average Bonchev–Trinajstić information content (AvgIpc) is 2.65. The van der Waals surface area contributed by atoms with E-state index < -0.39 is 0 Å². The number of nitrogens with zero attached hydrogens (tertiary/aromatic N) is 1. The predicted octanol–water partition coefficient (Wildman–Crippen LogP) is 3.54. The van der Waals surface area contributed by atoms with Crippen LogP contribution in [-0.4, -0.2) is 35.9 Å². The predicted molar refractivity (Wildman–Crippen MR) is 118 cm³/mol. The van der Waals surface area contributed by atoms with Gasteiger partial charge in [-0.3, -0.25) is 14.9 Å². The molecule has 0 aliphatic heterocycles. The molecule has 0 saturated carbocycles. The highest BCUT2D eigenvalue weighted by Crippen LogP contribution is 2.13. The first kappa shape index (κ1) is 21.3. The van der Waals surface area contributed by atoms with Crippen molar-refractivity contribution < 1.29 is 9.59 Å². The van der Waals surface area contributed by atoms with E-state index in [1.165, 1.54) is 11.6 Å². The van der Waals surface area contributed by atoms with Gasteiger partial charge in [0.25, 0.3) is 0 Å². The van der Waals surface area contributed by atoms with Crippen LogP contribution in [0.4, 0.5) is 5.69 Å². The van der Waals surface area contributed by atoms with Gasteiger partial charge >= 0.3 is 0 Å². The third-order valence-corrected chi connectivity index (χ3v) is 4.26. The third-order valence-electron chi connectivity index (χ3n) is 4.05. The van der Waals surface area contributed by atoms with E-state index in [2.05, 4.69) is 10.6 Å². The van der Waals surface area contributed by atoms with Crippen molar-refractivity contribution >= 4 is 40.9 Å². The fourth-order valence-corrected chi connectivity index (χ4v) is 2.66. The standard InChI is InChI=1S/C22H25N3O2S/c1-16-7-9-17(10-8-16)11-13-20(26)24-22(28)23-19-6-4-5-18(15-19)12-14-21(27)25(2)3/h4-11,13,15H,12,14H2,1-3H3,(H2,23,24,26,28)/b13-11+. The highest BCUT2D eigenvalue weighted by atomic mass is 32.1. The van der Waals surface area contributed by atoms with Crippen LogP contribution < -0.4 is 10.6 Å². The molecule has 0 aliphatic rings. The Morgan fingerprint density at radius 3 is 2.50 bits per heavy atom. The summed E-state index contributed by atoms with van der Waals surface area (Å²) in [6, 6.07) is 15.5. The Labute approximate surface area is 171 Å². The van der Waals surface area contributed by atoms with Gasteiger partial charge in [-0.15, -0.1) is 0 Å². The van der Waals surface area contributed by atoms with Crippen LogP contribution in [0.5, 0.6) is 0 Å². The summed E-state index contributed by atoms with van der Waals surface area (Å²) in [4.78, 5) is 25.3. The van der Waals surface area contributed by atoms with E-state index in [1.807, 2.05) is 55.5 Å². The number of amides is 2. The van der Waals surface area contributed by atoms with E-state index >= 15 is 0 Å². The summed E-state index contributed by atoms with van der Waals surface area (Å²) >= 11 is 5.21. The Hall–Kier alpha value is -2.99. The lowest BCUT2D eigenvalue weighted by atomic mass is 10.1. The monoisotopic (exact) mass is 395 g/mol. The fraction of sp³-hybridized carbons (Fsp3) is 0.227. The molecule has 5 nitrogen and oxygen atoms in total. The molecule has 0 radical (unpaired) electrons. The van der Waals surface area contributed by atoms with Crippen LogP contribution in [0.2, 0.25) is 0 Å². The van der Waals surface area contributed by atoms with Crippen molar-refractivity contribution in [3.63, 3.8) is 0 Å². The zero-order valence-electron chi connectivity index (χ0n) is 16.4. The number of anilines is 1. The highest BCUT2D eigenvalue weighted by molar-refractivity contribution is 7.80. The van der Waals surface area contributed by atoms with Crippen molar-refractivity contribution in [2.45, 2.75) is 19.8 Å². The Bertz CT molecular complexity index is 874. The van der Waals surface area contributed by atoms with Gasteiger partial charge in [-0.2, -0.15) is 0 Å². The Kier molecular flexibility index (Phi) is 7.89.